The molecule has 0 amide bonds. The second kappa shape index (κ2) is 6.62. The predicted octanol–water partition coefficient (Wildman–Crippen LogP) is 4.12. The Bertz CT molecular complexity index is 626. The van der Waals surface area contributed by atoms with Crippen molar-refractivity contribution in [2.45, 2.75) is 42.5 Å². The quantitative estimate of drug-likeness (QED) is 0.864. The lowest BCUT2D eigenvalue weighted by Crippen LogP contribution is -2.14. The van der Waals surface area contributed by atoms with E-state index in [2.05, 4.69) is 15.2 Å². The molecular weight excluding hydrogens is 306 g/mol. The van der Waals surface area contributed by atoms with Gasteiger partial charge in [0, 0.05) is 17.0 Å². The first-order valence-electron chi connectivity index (χ1n) is 7.10. The van der Waals surface area contributed by atoms with Gasteiger partial charge in [-0.05, 0) is 37.1 Å². The first-order valence-corrected chi connectivity index (χ1v) is 8.36. The third-order valence-corrected chi connectivity index (χ3v) is 5.01. The standard InChI is InChI=1S/C15H16ClN3OS/c16-11-8-6-10(7-9-11)14-17-15(19-18-14)21-13-5-3-1-2-4-12(13)20/h6-9,13H,1-5H2,(H,17,18,19)/t13-/m1/s1. The third kappa shape index (κ3) is 3.66. The lowest BCUT2D eigenvalue weighted by Gasteiger charge is -2.08. The van der Waals surface area contributed by atoms with E-state index in [4.69, 9.17) is 11.6 Å². The SMILES string of the molecule is O=C1CCCCC[C@H]1Sc1n[nH]c(-c2ccc(Cl)cc2)n1. The highest BCUT2D eigenvalue weighted by atomic mass is 35.5. The first kappa shape index (κ1) is 14.6. The van der Waals surface area contributed by atoms with Crippen LogP contribution in [0.5, 0.6) is 0 Å². The number of nitrogens with zero attached hydrogens (tertiary/aromatic N) is 2. The number of ketones is 1. The van der Waals surface area contributed by atoms with Crippen LogP contribution in [-0.4, -0.2) is 26.2 Å². The van der Waals surface area contributed by atoms with Crippen LogP contribution in [0, 0.1) is 0 Å². The summed E-state index contributed by atoms with van der Waals surface area (Å²) in [6.45, 7) is 0. The van der Waals surface area contributed by atoms with Gasteiger partial charge in [-0.25, -0.2) is 4.98 Å². The van der Waals surface area contributed by atoms with E-state index in [1.165, 1.54) is 11.8 Å². The average Bonchev–Trinajstić information content (AvgIpc) is 2.85. The number of hydrogen-bond donors (Lipinski definition) is 1. The van der Waals surface area contributed by atoms with Crippen molar-refractivity contribution >= 4 is 29.1 Å². The Morgan fingerprint density at radius 2 is 2.00 bits per heavy atom. The van der Waals surface area contributed by atoms with Crippen molar-refractivity contribution in [3.8, 4) is 11.4 Å². The van der Waals surface area contributed by atoms with Gasteiger partial charge < -0.3 is 0 Å². The molecule has 0 spiro atoms. The van der Waals surface area contributed by atoms with Crippen LogP contribution in [0.1, 0.15) is 32.1 Å². The van der Waals surface area contributed by atoms with Crippen LogP contribution in [-0.2, 0) is 4.79 Å². The Hall–Kier alpha value is -1.33. The van der Waals surface area contributed by atoms with Crippen LogP contribution in [0.2, 0.25) is 5.02 Å². The molecule has 3 rings (SSSR count). The van der Waals surface area contributed by atoms with E-state index < -0.39 is 0 Å². The maximum atomic E-state index is 12.0. The highest BCUT2D eigenvalue weighted by Gasteiger charge is 2.23. The van der Waals surface area contributed by atoms with Crippen molar-refractivity contribution in [2.24, 2.45) is 0 Å². The number of hydrogen-bond acceptors (Lipinski definition) is 4. The first-order chi connectivity index (χ1) is 10.2. The predicted molar refractivity (Wildman–Crippen MR) is 84.6 cm³/mol. The molecule has 0 aliphatic heterocycles. The van der Waals surface area contributed by atoms with Crippen LogP contribution in [0.15, 0.2) is 29.4 Å². The van der Waals surface area contributed by atoms with Gasteiger partial charge in [0.1, 0.15) is 5.78 Å². The average molecular weight is 322 g/mol. The summed E-state index contributed by atoms with van der Waals surface area (Å²) >= 11 is 7.35. The van der Waals surface area contributed by atoms with E-state index in [0.29, 0.717) is 28.2 Å². The minimum Gasteiger partial charge on any atom is -0.298 e. The summed E-state index contributed by atoms with van der Waals surface area (Å²) in [4.78, 5) is 16.5. The van der Waals surface area contributed by atoms with Crippen LogP contribution in [0.3, 0.4) is 0 Å². The fourth-order valence-electron chi connectivity index (χ4n) is 2.42. The summed E-state index contributed by atoms with van der Waals surface area (Å²) in [5, 5.41) is 8.47. The zero-order valence-electron chi connectivity index (χ0n) is 11.5. The molecule has 1 aliphatic rings. The lowest BCUT2D eigenvalue weighted by atomic mass is 10.2. The molecule has 1 aromatic heterocycles. The van der Waals surface area contributed by atoms with Crippen LogP contribution < -0.4 is 0 Å². The third-order valence-electron chi connectivity index (χ3n) is 3.58. The Labute approximate surface area is 132 Å². The summed E-state index contributed by atoms with van der Waals surface area (Å²) in [6, 6.07) is 7.43. The van der Waals surface area contributed by atoms with Gasteiger partial charge in [0.15, 0.2) is 5.82 Å². The smallest absolute Gasteiger partial charge is 0.209 e. The molecule has 4 nitrogen and oxygen atoms in total. The monoisotopic (exact) mass is 321 g/mol. The van der Waals surface area contributed by atoms with E-state index in [0.717, 1.165) is 31.2 Å². The van der Waals surface area contributed by atoms with Gasteiger partial charge in [-0.1, -0.05) is 36.2 Å². The second-order valence-corrected chi connectivity index (χ2v) is 6.75. The number of aromatic amines is 1. The van der Waals surface area contributed by atoms with Crippen molar-refractivity contribution in [3.63, 3.8) is 0 Å². The number of H-pyrrole nitrogens is 1. The molecular formula is C15H16ClN3OS. The molecule has 6 heteroatoms. The fraction of sp³-hybridized carbons (Fsp3) is 0.400. The van der Waals surface area contributed by atoms with E-state index in [1.54, 1.807) is 0 Å². The van der Waals surface area contributed by atoms with E-state index in [9.17, 15) is 4.79 Å². The largest absolute Gasteiger partial charge is 0.298 e. The number of halogens is 1. The summed E-state index contributed by atoms with van der Waals surface area (Å²) in [5.74, 6) is 1.03. The summed E-state index contributed by atoms with van der Waals surface area (Å²) in [5.41, 5.74) is 0.936. The summed E-state index contributed by atoms with van der Waals surface area (Å²) in [7, 11) is 0. The highest BCUT2D eigenvalue weighted by molar-refractivity contribution is 8.00. The van der Waals surface area contributed by atoms with E-state index in [-0.39, 0.29) is 5.25 Å². The molecule has 110 valence electrons. The zero-order chi connectivity index (χ0) is 14.7. The van der Waals surface area contributed by atoms with Gasteiger partial charge in [-0.2, -0.15) is 0 Å². The van der Waals surface area contributed by atoms with Gasteiger partial charge in [0.25, 0.3) is 0 Å². The number of rotatable bonds is 3. The number of Topliss-reactive ketones (excluding diaryl/α,β-unsaturated/α-hetero) is 1. The minimum atomic E-state index is 0.00127. The normalized spacial score (nSPS) is 19.5. The van der Waals surface area contributed by atoms with Gasteiger partial charge >= 0.3 is 0 Å². The topological polar surface area (TPSA) is 58.6 Å². The number of thioether (sulfide) groups is 1. The van der Waals surface area contributed by atoms with Crippen molar-refractivity contribution < 1.29 is 4.79 Å². The molecule has 1 aromatic carbocycles. The van der Waals surface area contributed by atoms with E-state index >= 15 is 0 Å². The van der Waals surface area contributed by atoms with Crippen molar-refractivity contribution in [1.82, 2.24) is 15.2 Å². The number of nitrogens with one attached hydrogen (secondary N) is 1. The zero-order valence-corrected chi connectivity index (χ0v) is 13.1. The molecule has 1 aliphatic carbocycles. The fourth-order valence-corrected chi connectivity index (χ4v) is 3.57. The van der Waals surface area contributed by atoms with Gasteiger partial charge in [-0.3, -0.25) is 9.89 Å². The lowest BCUT2D eigenvalue weighted by molar-refractivity contribution is -0.118. The molecule has 1 atom stereocenters. The summed E-state index contributed by atoms with van der Waals surface area (Å²) in [6.07, 6.45) is 4.88. The molecule has 1 fully saturated rings. The maximum absolute atomic E-state index is 12.0. The van der Waals surface area contributed by atoms with Crippen molar-refractivity contribution in [1.29, 1.82) is 0 Å². The van der Waals surface area contributed by atoms with E-state index in [1.807, 2.05) is 24.3 Å². The number of carbonyl (C=O) groups excluding carboxylic acids is 1. The van der Waals surface area contributed by atoms with Crippen LogP contribution in [0.4, 0.5) is 0 Å². The molecule has 1 heterocycles. The second-order valence-electron chi connectivity index (χ2n) is 5.15. The van der Waals surface area contributed by atoms with Crippen molar-refractivity contribution in [2.75, 3.05) is 0 Å². The van der Waals surface area contributed by atoms with Gasteiger partial charge in [-0.15, -0.1) is 5.10 Å². The number of carbonyl (C=O) groups is 1. The van der Waals surface area contributed by atoms with Crippen molar-refractivity contribution in [3.05, 3.63) is 29.3 Å². The Morgan fingerprint density at radius 3 is 2.81 bits per heavy atom. The van der Waals surface area contributed by atoms with Crippen LogP contribution >= 0.6 is 23.4 Å². The van der Waals surface area contributed by atoms with Gasteiger partial charge in [0.05, 0.1) is 5.25 Å². The number of aromatic nitrogens is 3. The van der Waals surface area contributed by atoms with Crippen LogP contribution in [0.25, 0.3) is 11.4 Å². The molecule has 1 N–H and O–H groups in total. The number of benzene rings is 1. The molecule has 0 unspecified atom stereocenters. The molecule has 0 saturated heterocycles. The molecule has 1 saturated carbocycles. The maximum Gasteiger partial charge on any atom is 0.209 e. The molecule has 0 bridgehead atoms. The summed E-state index contributed by atoms with van der Waals surface area (Å²) < 4.78 is 0. The molecule has 0 radical (unpaired) electrons. The minimum absolute atomic E-state index is 0.00127. The Kier molecular flexibility index (Phi) is 4.60. The molecule has 21 heavy (non-hydrogen) atoms. The highest BCUT2D eigenvalue weighted by Crippen LogP contribution is 2.30. The molecule has 2 aromatic rings. The Morgan fingerprint density at radius 1 is 1.19 bits per heavy atom. The Balaban J connectivity index is 1.72. The van der Waals surface area contributed by atoms with Gasteiger partial charge in [0.2, 0.25) is 5.16 Å².